The molecule has 17 heavy (non-hydrogen) atoms. The summed E-state index contributed by atoms with van der Waals surface area (Å²) in [7, 11) is 0. The molecule has 94 valence electrons. The van der Waals surface area contributed by atoms with E-state index < -0.39 is 0 Å². The average Bonchev–Trinajstić information content (AvgIpc) is 2.88. The lowest BCUT2D eigenvalue weighted by Gasteiger charge is -2.21. The standard InChI is InChI=1S/C12H20N4O/c17-12(10-3-1-5-13-9-10)16-6-2-4-11-14-7-8-15-11/h7-8,10,13H,1-6,9H2,(H,14,15)(H,16,17)/t10-/m0/s1. The summed E-state index contributed by atoms with van der Waals surface area (Å²) in [6, 6.07) is 0. The Balaban J connectivity index is 1.59. The minimum absolute atomic E-state index is 0.160. The molecule has 1 fully saturated rings. The van der Waals surface area contributed by atoms with Crippen LogP contribution in [-0.2, 0) is 11.2 Å². The van der Waals surface area contributed by atoms with Crippen LogP contribution >= 0.6 is 0 Å². The fraction of sp³-hybridized carbons (Fsp3) is 0.667. The van der Waals surface area contributed by atoms with Crippen molar-refractivity contribution in [3.8, 4) is 0 Å². The second kappa shape index (κ2) is 6.39. The van der Waals surface area contributed by atoms with E-state index in [9.17, 15) is 4.79 Å². The van der Waals surface area contributed by atoms with Crippen molar-refractivity contribution in [1.29, 1.82) is 0 Å². The number of hydrogen-bond acceptors (Lipinski definition) is 3. The average molecular weight is 236 g/mol. The van der Waals surface area contributed by atoms with Crippen LogP contribution in [0.5, 0.6) is 0 Å². The first-order valence-electron chi connectivity index (χ1n) is 6.33. The number of aromatic amines is 1. The van der Waals surface area contributed by atoms with Gasteiger partial charge < -0.3 is 15.6 Å². The number of aryl methyl sites for hydroxylation is 1. The van der Waals surface area contributed by atoms with Gasteiger partial charge in [0.2, 0.25) is 5.91 Å². The fourth-order valence-corrected chi connectivity index (χ4v) is 2.12. The van der Waals surface area contributed by atoms with Crippen LogP contribution in [0.2, 0.25) is 0 Å². The molecule has 0 bridgehead atoms. The molecule has 1 aromatic rings. The number of aromatic nitrogens is 2. The zero-order valence-corrected chi connectivity index (χ0v) is 10.0. The summed E-state index contributed by atoms with van der Waals surface area (Å²) in [6.07, 6.45) is 7.50. The smallest absolute Gasteiger partial charge is 0.224 e. The fourth-order valence-electron chi connectivity index (χ4n) is 2.12. The zero-order valence-electron chi connectivity index (χ0n) is 10.0. The largest absolute Gasteiger partial charge is 0.356 e. The molecule has 5 nitrogen and oxygen atoms in total. The van der Waals surface area contributed by atoms with Crippen LogP contribution in [0.3, 0.4) is 0 Å². The second-order valence-corrected chi connectivity index (χ2v) is 4.47. The van der Waals surface area contributed by atoms with Crippen molar-refractivity contribution in [2.45, 2.75) is 25.7 Å². The summed E-state index contributed by atoms with van der Waals surface area (Å²) < 4.78 is 0. The van der Waals surface area contributed by atoms with Crippen LogP contribution < -0.4 is 10.6 Å². The summed E-state index contributed by atoms with van der Waals surface area (Å²) in [5.41, 5.74) is 0. The van der Waals surface area contributed by atoms with Crippen LogP contribution in [0.4, 0.5) is 0 Å². The highest BCUT2D eigenvalue weighted by atomic mass is 16.1. The third-order valence-corrected chi connectivity index (χ3v) is 3.11. The normalized spacial score (nSPS) is 20.1. The Kier molecular flexibility index (Phi) is 4.55. The number of H-pyrrole nitrogens is 1. The Hall–Kier alpha value is -1.36. The van der Waals surface area contributed by atoms with Gasteiger partial charge >= 0.3 is 0 Å². The lowest BCUT2D eigenvalue weighted by molar-refractivity contribution is -0.125. The molecule has 0 unspecified atom stereocenters. The first kappa shape index (κ1) is 12.1. The summed E-state index contributed by atoms with van der Waals surface area (Å²) in [5.74, 6) is 1.34. The topological polar surface area (TPSA) is 69.8 Å². The maximum absolute atomic E-state index is 11.8. The van der Waals surface area contributed by atoms with Gasteiger partial charge in [-0.25, -0.2) is 4.98 Å². The van der Waals surface area contributed by atoms with Gasteiger partial charge in [0.05, 0.1) is 5.92 Å². The molecular weight excluding hydrogens is 216 g/mol. The van der Waals surface area contributed by atoms with Crippen molar-refractivity contribution >= 4 is 5.91 Å². The third kappa shape index (κ3) is 3.85. The predicted octanol–water partition coefficient (Wildman–Crippen LogP) is 0.458. The van der Waals surface area contributed by atoms with E-state index in [-0.39, 0.29) is 11.8 Å². The van der Waals surface area contributed by atoms with Gasteiger partial charge in [-0.3, -0.25) is 4.79 Å². The van der Waals surface area contributed by atoms with E-state index in [1.54, 1.807) is 6.20 Å². The van der Waals surface area contributed by atoms with Crippen molar-refractivity contribution in [3.63, 3.8) is 0 Å². The number of carbonyl (C=O) groups is 1. The summed E-state index contributed by atoms with van der Waals surface area (Å²) >= 11 is 0. The van der Waals surface area contributed by atoms with Gasteiger partial charge in [0.25, 0.3) is 0 Å². The minimum atomic E-state index is 0.160. The molecule has 0 spiro atoms. The van der Waals surface area contributed by atoms with Gasteiger partial charge in [-0.1, -0.05) is 0 Å². The van der Waals surface area contributed by atoms with E-state index in [4.69, 9.17) is 0 Å². The first-order chi connectivity index (χ1) is 8.36. The third-order valence-electron chi connectivity index (χ3n) is 3.11. The number of imidazole rings is 1. The molecule has 0 radical (unpaired) electrons. The molecule has 5 heteroatoms. The number of amides is 1. The summed E-state index contributed by atoms with van der Waals surface area (Å²) in [6.45, 7) is 2.60. The van der Waals surface area contributed by atoms with Crippen LogP contribution in [0, 0.1) is 5.92 Å². The van der Waals surface area contributed by atoms with Crippen LogP contribution in [-0.4, -0.2) is 35.5 Å². The maximum Gasteiger partial charge on any atom is 0.224 e. The molecule has 1 atom stereocenters. The maximum atomic E-state index is 11.8. The monoisotopic (exact) mass is 236 g/mol. The number of nitrogens with one attached hydrogen (secondary N) is 3. The van der Waals surface area contributed by atoms with Gasteiger partial charge in [-0.2, -0.15) is 0 Å². The quantitative estimate of drug-likeness (QED) is 0.650. The number of carbonyl (C=O) groups excluding carboxylic acids is 1. The van der Waals surface area contributed by atoms with Gasteiger partial charge in [0, 0.05) is 31.9 Å². The molecule has 1 amide bonds. The van der Waals surface area contributed by atoms with Gasteiger partial charge in [0.15, 0.2) is 0 Å². The van der Waals surface area contributed by atoms with E-state index in [1.165, 1.54) is 0 Å². The predicted molar refractivity (Wildman–Crippen MR) is 65.5 cm³/mol. The number of piperidine rings is 1. The van der Waals surface area contributed by atoms with Crippen molar-refractivity contribution in [1.82, 2.24) is 20.6 Å². The molecule has 2 rings (SSSR count). The SMILES string of the molecule is O=C(NCCCc1ncc[nH]1)[C@H]1CCCNC1. The highest BCUT2D eigenvalue weighted by Crippen LogP contribution is 2.09. The number of hydrogen-bond donors (Lipinski definition) is 3. The Morgan fingerprint density at radius 1 is 1.59 bits per heavy atom. The summed E-state index contributed by atoms with van der Waals surface area (Å²) in [4.78, 5) is 19.0. The Morgan fingerprint density at radius 2 is 2.53 bits per heavy atom. The van der Waals surface area contributed by atoms with E-state index >= 15 is 0 Å². The lowest BCUT2D eigenvalue weighted by atomic mass is 9.99. The molecule has 1 aromatic heterocycles. The van der Waals surface area contributed by atoms with Crippen LogP contribution in [0.25, 0.3) is 0 Å². The highest BCUT2D eigenvalue weighted by Gasteiger charge is 2.19. The van der Waals surface area contributed by atoms with Crippen molar-refractivity contribution in [2.24, 2.45) is 5.92 Å². The Labute approximate surface area is 101 Å². The van der Waals surface area contributed by atoms with Gasteiger partial charge in [0.1, 0.15) is 5.82 Å². The van der Waals surface area contributed by atoms with Crippen LogP contribution in [0.1, 0.15) is 25.1 Å². The van der Waals surface area contributed by atoms with Gasteiger partial charge in [-0.15, -0.1) is 0 Å². The second-order valence-electron chi connectivity index (χ2n) is 4.47. The molecule has 1 aliphatic heterocycles. The van der Waals surface area contributed by atoms with E-state index in [1.807, 2.05) is 6.20 Å². The van der Waals surface area contributed by atoms with Crippen molar-refractivity contribution < 1.29 is 4.79 Å². The zero-order chi connectivity index (χ0) is 11.9. The van der Waals surface area contributed by atoms with Crippen molar-refractivity contribution in [2.75, 3.05) is 19.6 Å². The van der Waals surface area contributed by atoms with Crippen LogP contribution in [0.15, 0.2) is 12.4 Å². The lowest BCUT2D eigenvalue weighted by Crippen LogP contribution is -2.40. The molecule has 2 heterocycles. The highest BCUT2D eigenvalue weighted by molar-refractivity contribution is 5.78. The molecule has 0 saturated carbocycles. The molecule has 0 aromatic carbocycles. The molecular formula is C12H20N4O. The first-order valence-corrected chi connectivity index (χ1v) is 6.33. The molecule has 1 saturated heterocycles. The van der Waals surface area contributed by atoms with E-state index in [0.29, 0.717) is 0 Å². The number of nitrogens with zero attached hydrogens (tertiary/aromatic N) is 1. The van der Waals surface area contributed by atoms with E-state index in [2.05, 4.69) is 20.6 Å². The molecule has 0 aliphatic carbocycles. The van der Waals surface area contributed by atoms with Gasteiger partial charge in [-0.05, 0) is 25.8 Å². The Morgan fingerprint density at radius 3 is 3.24 bits per heavy atom. The van der Waals surface area contributed by atoms with E-state index in [0.717, 1.165) is 51.1 Å². The Bertz CT molecular complexity index is 330. The summed E-state index contributed by atoms with van der Waals surface area (Å²) in [5, 5.41) is 6.25. The molecule has 1 aliphatic rings. The number of rotatable bonds is 5. The molecule has 3 N–H and O–H groups in total. The van der Waals surface area contributed by atoms with Crippen molar-refractivity contribution in [3.05, 3.63) is 18.2 Å². The minimum Gasteiger partial charge on any atom is -0.356 e.